The first-order chi connectivity index (χ1) is 10.0. The van der Waals surface area contributed by atoms with E-state index in [0.717, 1.165) is 18.0 Å². The number of thiazole rings is 1. The molecular weight excluding hydrogens is 359 g/mol. The second-order valence-corrected chi connectivity index (χ2v) is 6.43. The first-order valence-electron chi connectivity index (χ1n) is 7.41. The molecule has 1 aliphatic rings. The van der Waals surface area contributed by atoms with E-state index >= 15 is 0 Å². The number of aromatic nitrogens is 1. The first kappa shape index (κ1) is 22.6. The van der Waals surface area contributed by atoms with Gasteiger partial charge in [-0.05, 0) is 13.3 Å². The predicted octanol–water partition coefficient (Wildman–Crippen LogP) is 1.36. The highest BCUT2D eigenvalue weighted by Crippen LogP contribution is 2.17. The zero-order valence-electron chi connectivity index (χ0n) is 13.5. The van der Waals surface area contributed by atoms with Crippen LogP contribution in [0.1, 0.15) is 35.8 Å². The Kier molecular flexibility index (Phi) is 10.2. The minimum atomic E-state index is -0.341. The fourth-order valence-corrected chi connectivity index (χ4v) is 3.36. The van der Waals surface area contributed by atoms with Gasteiger partial charge in [-0.3, -0.25) is 9.69 Å². The molecular formula is C14H26Cl2N4O2S. The molecule has 2 atom stereocenters. The number of hydrogen-bond donors (Lipinski definition) is 2. The molecule has 2 rings (SSSR count). The highest BCUT2D eigenvalue weighted by Gasteiger charge is 2.30. The SMILES string of the molecule is CCC1CN(C(=O)c2csc(CN)n2)CCN1CC(C)O.Cl.Cl. The number of rotatable bonds is 5. The van der Waals surface area contributed by atoms with Crippen molar-refractivity contribution in [2.24, 2.45) is 5.73 Å². The first-order valence-corrected chi connectivity index (χ1v) is 8.29. The summed E-state index contributed by atoms with van der Waals surface area (Å²) in [5, 5.41) is 12.1. The van der Waals surface area contributed by atoms with Gasteiger partial charge in [-0.15, -0.1) is 36.2 Å². The third-order valence-corrected chi connectivity index (χ3v) is 4.68. The second-order valence-electron chi connectivity index (χ2n) is 5.49. The summed E-state index contributed by atoms with van der Waals surface area (Å²) < 4.78 is 0. The molecule has 1 aromatic rings. The van der Waals surface area contributed by atoms with Crippen molar-refractivity contribution in [3.8, 4) is 0 Å². The molecule has 0 aromatic carbocycles. The number of aliphatic hydroxyl groups is 1. The lowest BCUT2D eigenvalue weighted by Gasteiger charge is -2.41. The van der Waals surface area contributed by atoms with Crippen LogP contribution in [0.4, 0.5) is 0 Å². The van der Waals surface area contributed by atoms with Crippen molar-refractivity contribution in [1.29, 1.82) is 0 Å². The summed E-state index contributed by atoms with van der Waals surface area (Å²) in [6.45, 7) is 7.11. The molecule has 2 unspecified atom stereocenters. The summed E-state index contributed by atoms with van der Waals surface area (Å²) in [5.41, 5.74) is 6.04. The molecule has 2 heterocycles. The topological polar surface area (TPSA) is 82.7 Å². The Bertz CT molecular complexity index is 487. The molecule has 1 amide bonds. The maximum atomic E-state index is 12.5. The average molecular weight is 385 g/mol. The lowest BCUT2D eigenvalue weighted by molar-refractivity contribution is 0.0307. The third kappa shape index (κ3) is 5.85. The quantitative estimate of drug-likeness (QED) is 0.800. The van der Waals surface area contributed by atoms with Gasteiger partial charge < -0.3 is 15.7 Å². The molecule has 9 heteroatoms. The summed E-state index contributed by atoms with van der Waals surface area (Å²) in [5.74, 6) is -0.0129. The fourth-order valence-electron chi connectivity index (χ4n) is 2.71. The van der Waals surface area contributed by atoms with Crippen LogP contribution in [0.2, 0.25) is 0 Å². The minimum absolute atomic E-state index is 0. The Morgan fingerprint density at radius 2 is 2.22 bits per heavy atom. The van der Waals surface area contributed by atoms with Gasteiger partial charge in [0.05, 0.1) is 6.10 Å². The number of β-amino-alcohol motifs (C(OH)–C–C–N with tert-alkyl or cyclic N) is 1. The van der Waals surface area contributed by atoms with Crippen LogP contribution >= 0.6 is 36.2 Å². The van der Waals surface area contributed by atoms with E-state index in [1.165, 1.54) is 11.3 Å². The smallest absolute Gasteiger partial charge is 0.273 e. The summed E-state index contributed by atoms with van der Waals surface area (Å²) in [6.07, 6.45) is 0.619. The van der Waals surface area contributed by atoms with E-state index < -0.39 is 0 Å². The molecule has 23 heavy (non-hydrogen) atoms. The predicted molar refractivity (Wildman–Crippen MR) is 97.7 cm³/mol. The second kappa shape index (κ2) is 10.4. The highest BCUT2D eigenvalue weighted by atomic mass is 35.5. The number of aliphatic hydroxyl groups excluding tert-OH is 1. The van der Waals surface area contributed by atoms with Crippen molar-refractivity contribution in [3.05, 3.63) is 16.1 Å². The molecule has 0 saturated carbocycles. The van der Waals surface area contributed by atoms with Gasteiger partial charge in [0.15, 0.2) is 0 Å². The minimum Gasteiger partial charge on any atom is -0.392 e. The van der Waals surface area contributed by atoms with E-state index in [9.17, 15) is 9.90 Å². The van der Waals surface area contributed by atoms with Crippen LogP contribution in [-0.2, 0) is 6.54 Å². The molecule has 1 saturated heterocycles. The van der Waals surface area contributed by atoms with Gasteiger partial charge in [0.2, 0.25) is 0 Å². The fraction of sp³-hybridized carbons (Fsp3) is 0.714. The standard InChI is InChI=1S/C14H24N4O2S.2ClH/c1-3-11-8-18(5-4-17(11)7-10(2)19)14(20)12-9-21-13(6-15)16-12;;/h9-11,19H,3-8,15H2,1-2H3;2*1H. The Morgan fingerprint density at radius 1 is 1.52 bits per heavy atom. The summed E-state index contributed by atoms with van der Waals surface area (Å²) in [7, 11) is 0. The van der Waals surface area contributed by atoms with Crippen molar-refractivity contribution in [1.82, 2.24) is 14.8 Å². The monoisotopic (exact) mass is 384 g/mol. The van der Waals surface area contributed by atoms with Crippen LogP contribution in [-0.4, -0.2) is 64.1 Å². The molecule has 0 aliphatic carbocycles. The van der Waals surface area contributed by atoms with Crippen molar-refractivity contribution in [3.63, 3.8) is 0 Å². The number of nitrogens with zero attached hydrogens (tertiary/aromatic N) is 3. The molecule has 6 nitrogen and oxygen atoms in total. The van der Waals surface area contributed by atoms with Gasteiger partial charge in [-0.1, -0.05) is 6.92 Å². The van der Waals surface area contributed by atoms with E-state index in [0.29, 0.717) is 37.9 Å². The molecule has 0 spiro atoms. The van der Waals surface area contributed by atoms with Crippen LogP contribution in [0.15, 0.2) is 5.38 Å². The average Bonchev–Trinajstić information content (AvgIpc) is 2.95. The van der Waals surface area contributed by atoms with E-state index in [1.807, 2.05) is 4.90 Å². The van der Waals surface area contributed by atoms with Crippen molar-refractivity contribution in [2.45, 2.75) is 39.0 Å². The summed E-state index contributed by atoms with van der Waals surface area (Å²) >= 11 is 1.43. The van der Waals surface area contributed by atoms with Crippen molar-refractivity contribution >= 4 is 42.1 Å². The third-order valence-electron chi connectivity index (χ3n) is 3.81. The van der Waals surface area contributed by atoms with Crippen molar-refractivity contribution in [2.75, 3.05) is 26.2 Å². The molecule has 0 radical (unpaired) electrons. The van der Waals surface area contributed by atoms with E-state index in [2.05, 4.69) is 16.8 Å². The van der Waals surface area contributed by atoms with Gasteiger partial charge in [-0.25, -0.2) is 4.98 Å². The van der Waals surface area contributed by atoms with Gasteiger partial charge in [0, 0.05) is 44.1 Å². The Morgan fingerprint density at radius 3 is 2.74 bits per heavy atom. The molecule has 1 fully saturated rings. The number of amides is 1. The number of halogens is 2. The lowest BCUT2D eigenvalue weighted by atomic mass is 10.1. The summed E-state index contributed by atoms with van der Waals surface area (Å²) in [4.78, 5) is 20.9. The Labute approximate surface area is 153 Å². The molecule has 0 bridgehead atoms. The molecule has 1 aromatic heterocycles. The molecule has 1 aliphatic heterocycles. The van der Waals surface area contributed by atoms with Gasteiger partial charge in [-0.2, -0.15) is 0 Å². The Hall–Kier alpha value is -0.440. The van der Waals surface area contributed by atoms with Crippen LogP contribution < -0.4 is 5.73 Å². The van der Waals surface area contributed by atoms with Crippen LogP contribution in [0.5, 0.6) is 0 Å². The van der Waals surface area contributed by atoms with Gasteiger partial charge in [0.1, 0.15) is 10.7 Å². The molecule has 3 N–H and O–H groups in total. The van der Waals surface area contributed by atoms with Crippen LogP contribution in [0.25, 0.3) is 0 Å². The number of carbonyl (C=O) groups is 1. The number of nitrogens with two attached hydrogens (primary N) is 1. The zero-order valence-corrected chi connectivity index (χ0v) is 15.9. The normalized spacial score (nSPS) is 19.7. The van der Waals surface area contributed by atoms with E-state index in [-0.39, 0.29) is 36.8 Å². The number of carbonyl (C=O) groups excluding carboxylic acids is 1. The summed E-state index contributed by atoms with van der Waals surface area (Å²) in [6, 6.07) is 0.296. The Balaban J connectivity index is 0.00000242. The van der Waals surface area contributed by atoms with Crippen molar-refractivity contribution < 1.29 is 9.90 Å². The maximum Gasteiger partial charge on any atom is 0.273 e. The number of piperazine rings is 1. The van der Waals surface area contributed by atoms with E-state index in [4.69, 9.17) is 5.73 Å². The maximum absolute atomic E-state index is 12.5. The lowest BCUT2D eigenvalue weighted by Crippen LogP contribution is -2.55. The van der Waals surface area contributed by atoms with Crippen LogP contribution in [0.3, 0.4) is 0 Å². The van der Waals surface area contributed by atoms with Crippen LogP contribution in [0, 0.1) is 0 Å². The van der Waals surface area contributed by atoms with E-state index in [1.54, 1.807) is 12.3 Å². The zero-order chi connectivity index (χ0) is 15.4. The highest BCUT2D eigenvalue weighted by molar-refractivity contribution is 7.09. The number of hydrogen-bond acceptors (Lipinski definition) is 6. The molecule has 134 valence electrons. The van der Waals surface area contributed by atoms with Gasteiger partial charge >= 0.3 is 0 Å². The van der Waals surface area contributed by atoms with Gasteiger partial charge in [0.25, 0.3) is 5.91 Å². The largest absolute Gasteiger partial charge is 0.392 e.